The normalized spacial score (nSPS) is 9.13. The van der Waals surface area contributed by atoms with Crippen LogP contribution in [-0.4, -0.2) is 22.3 Å². The molecule has 0 unspecified atom stereocenters. The van der Waals surface area contributed by atoms with Crippen LogP contribution in [0.1, 0.15) is 11.1 Å². The van der Waals surface area contributed by atoms with E-state index >= 15 is 0 Å². The van der Waals surface area contributed by atoms with Crippen LogP contribution in [0.15, 0.2) is 48.5 Å². The van der Waals surface area contributed by atoms with Crippen LogP contribution in [0, 0.1) is 17.9 Å². The molecule has 0 aliphatic rings. The van der Waals surface area contributed by atoms with Gasteiger partial charge in [-0.1, -0.05) is 0 Å². The van der Waals surface area contributed by atoms with Crippen LogP contribution in [-0.2, 0) is 0 Å². The summed E-state index contributed by atoms with van der Waals surface area (Å²) < 4.78 is 1.29. The summed E-state index contributed by atoms with van der Waals surface area (Å²) >= 11 is 1.71. The van der Waals surface area contributed by atoms with Crippen LogP contribution in [0.25, 0.3) is 0 Å². The molecule has 0 amide bonds. The SMILES string of the molecule is [TeH]c1cccc(C#Cc2c[c]ccc2)c1. The summed E-state index contributed by atoms with van der Waals surface area (Å²) in [5.74, 6) is 6.25. The zero-order chi connectivity index (χ0) is 10.5. The zero-order valence-electron chi connectivity index (χ0n) is 8.07. The molecule has 0 fully saturated rings. The van der Waals surface area contributed by atoms with Crippen molar-refractivity contribution in [1.29, 1.82) is 0 Å². The third-order valence-corrected chi connectivity index (χ3v) is 2.70. The summed E-state index contributed by atoms with van der Waals surface area (Å²) in [5.41, 5.74) is 2.07. The van der Waals surface area contributed by atoms with E-state index in [1.54, 1.807) is 22.3 Å². The molecular formula is C14H9Te. The standard InChI is InChI=1S/C14H9Te/c15-14-8-4-7-13(11-14)10-9-12-5-2-1-3-6-12/h1-2,4-8,11,15H. The maximum atomic E-state index is 3.14. The van der Waals surface area contributed by atoms with Crippen molar-refractivity contribution >= 4 is 25.9 Å². The molecule has 0 aliphatic carbocycles. The molecule has 2 aromatic rings. The Kier molecular flexibility index (Phi) is 3.46. The van der Waals surface area contributed by atoms with E-state index < -0.39 is 0 Å². The van der Waals surface area contributed by atoms with Crippen molar-refractivity contribution in [3.8, 4) is 11.8 Å². The van der Waals surface area contributed by atoms with E-state index in [0.717, 1.165) is 11.1 Å². The van der Waals surface area contributed by atoms with Crippen LogP contribution in [0.2, 0.25) is 0 Å². The van der Waals surface area contributed by atoms with Crippen LogP contribution in [0.4, 0.5) is 0 Å². The van der Waals surface area contributed by atoms with Crippen molar-refractivity contribution in [2.75, 3.05) is 0 Å². The first-order valence-electron chi connectivity index (χ1n) is 4.62. The maximum absolute atomic E-state index is 3.14. The van der Waals surface area contributed by atoms with E-state index in [1.807, 2.05) is 36.4 Å². The van der Waals surface area contributed by atoms with Gasteiger partial charge in [0.25, 0.3) is 0 Å². The van der Waals surface area contributed by atoms with E-state index in [1.165, 1.54) is 3.61 Å². The Bertz CT molecular complexity index is 504. The van der Waals surface area contributed by atoms with Gasteiger partial charge in [0, 0.05) is 0 Å². The Balaban J connectivity index is 2.26. The molecule has 1 heteroatoms. The third-order valence-electron chi connectivity index (χ3n) is 1.90. The molecule has 0 spiro atoms. The number of benzene rings is 2. The molecule has 2 rings (SSSR count). The van der Waals surface area contributed by atoms with Gasteiger partial charge in [-0.15, -0.1) is 0 Å². The molecule has 15 heavy (non-hydrogen) atoms. The Morgan fingerprint density at radius 2 is 1.80 bits per heavy atom. The van der Waals surface area contributed by atoms with Crippen LogP contribution in [0.3, 0.4) is 0 Å². The molecule has 71 valence electrons. The van der Waals surface area contributed by atoms with Gasteiger partial charge in [-0.2, -0.15) is 0 Å². The Hall–Kier alpha value is -1.21. The van der Waals surface area contributed by atoms with Crippen molar-refractivity contribution < 1.29 is 0 Å². The number of rotatable bonds is 0. The minimum atomic E-state index is 1.00. The summed E-state index contributed by atoms with van der Waals surface area (Å²) in [7, 11) is 0. The van der Waals surface area contributed by atoms with E-state index in [9.17, 15) is 0 Å². The molecule has 0 aromatic heterocycles. The van der Waals surface area contributed by atoms with Crippen molar-refractivity contribution in [3.05, 3.63) is 65.7 Å². The van der Waals surface area contributed by atoms with E-state index in [0.29, 0.717) is 0 Å². The van der Waals surface area contributed by atoms with Gasteiger partial charge < -0.3 is 0 Å². The van der Waals surface area contributed by atoms with Gasteiger partial charge in [0.2, 0.25) is 0 Å². The monoisotopic (exact) mass is 307 g/mol. The molecular weight excluding hydrogens is 296 g/mol. The number of hydrogen-bond donors (Lipinski definition) is 0. The van der Waals surface area contributed by atoms with Gasteiger partial charge in [0.1, 0.15) is 0 Å². The van der Waals surface area contributed by atoms with Crippen molar-refractivity contribution in [1.82, 2.24) is 0 Å². The molecule has 0 atom stereocenters. The van der Waals surface area contributed by atoms with Crippen molar-refractivity contribution in [2.24, 2.45) is 0 Å². The van der Waals surface area contributed by atoms with Gasteiger partial charge in [-0.05, 0) is 0 Å². The van der Waals surface area contributed by atoms with E-state index in [2.05, 4.69) is 30.0 Å². The summed E-state index contributed by atoms with van der Waals surface area (Å²) in [6.45, 7) is 0. The van der Waals surface area contributed by atoms with E-state index in [-0.39, 0.29) is 0 Å². The summed E-state index contributed by atoms with van der Waals surface area (Å²) in [6, 6.07) is 19.0. The molecule has 0 N–H and O–H groups in total. The van der Waals surface area contributed by atoms with Crippen LogP contribution >= 0.6 is 0 Å². The first-order valence-corrected chi connectivity index (χ1v) is 5.89. The predicted molar refractivity (Wildman–Crippen MR) is 64.5 cm³/mol. The van der Waals surface area contributed by atoms with Crippen molar-refractivity contribution in [3.63, 3.8) is 0 Å². The average Bonchev–Trinajstić information content (AvgIpc) is 2.28. The molecule has 2 aromatic carbocycles. The number of hydrogen-bond acceptors (Lipinski definition) is 0. The molecule has 0 aliphatic heterocycles. The summed E-state index contributed by atoms with van der Waals surface area (Å²) in [6.07, 6.45) is 0. The second-order valence-electron chi connectivity index (χ2n) is 3.09. The van der Waals surface area contributed by atoms with Gasteiger partial charge in [-0.25, -0.2) is 0 Å². The van der Waals surface area contributed by atoms with E-state index in [4.69, 9.17) is 0 Å². The topological polar surface area (TPSA) is 0 Å². The average molecular weight is 305 g/mol. The fourth-order valence-corrected chi connectivity index (χ4v) is 1.84. The minimum absolute atomic E-state index is 1.00. The van der Waals surface area contributed by atoms with Gasteiger partial charge in [-0.3, -0.25) is 0 Å². The molecule has 0 saturated carbocycles. The molecule has 1 radical (unpaired) electrons. The fourth-order valence-electron chi connectivity index (χ4n) is 1.20. The van der Waals surface area contributed by atoms with Crippen LogP contribution in [0.5, 0.6) is 0 Å². The first-order chi connectivity index (χ1) is 7.34. The van der Waals surface area contributed by atoms with Crippen molar-refractivity contribution in [2.45, 2.75) is 0 Å². The Labute approximate surface area is 103 Å². The third kappa shape index (κ3) is 3.14. The zero-order valence-corrected chi connectivity index (χ0v) is 10.6. The fraction of sp³-hybridized carbons (Fsp3) is 0. The summed E-state index contributed by atoms with van der Waals surface area (Å²) in [5, 5.41) is 0. The molecule has 0 bridgehead atoms. The molecule has 0 nitrogen and oxygen atoms in total. The summed E-state index contributed by atoms with van der Waals surface area (Å²) in [4.78, 5) is 0. The van der Waals surface area contributed by atoms with Gasteiger partial charge >= 0.3 is 103 Å². The first kappa shape index (κ1) is 10.3. The molecule has 0 saturated heterocycles. The second-order valence-corrected chi connectivity index (χ2v) is 4.57. The van der Waals surface area contributed by atoms with Gasteiger partial charge in [0.15, 0.2) is 0 Å². The predicted octanol–water partition coefficient (Wildman–Crippen LogP) is 1.41. The Morgan fingerprint density at radius 3 is 2.53 bits per heavy atom. The Morgan fingerprint density at radius 1 is 1.00 bits per heavy atom. The van der Waals surface area contributed by atoms with Crippen LogP contribution < -0.4 is 3.61 Å². The second kappa shape index (κ2) is 5.04. The molecule has 0 heterocycles. The van der Waals surface area contributed by atoms with Gasteiger partial charge in [0.05, 0.1) is 0 Å². The quantitative estimate of drug-likeness (QED) is 0.510.